The van der Waals surface area contributed by atoms with Crippen LogP contribution in [-0.2, 0) is 45.2 Å². The molecule has 0 radical (unpaired) electrons. The zero-order chi connectivity index (χ0) is 46.7. The van der Waals surface area contributed by atoms with Crippen molar-refractivity contribution in [3.63, 3.8) is 0 Å². The molecule has 12 nitrogen and oxygen atoms in total. The highest BCUT2D eigenvalue weighted by Crippen LogP contribution is 2.45. The van der Waals surface area contributed by atoms with Crippen molar-refractivity contribution in [3.05, 3.63) is 152 Å². The molecule has 0 fully saturated rings. The van der Waals surface area contributed by atoms with E-state index < -0.39 is 12.0 Å². The van der Waals surface area contributed by atoms with E-state index in [9.17, 15) is 19.2 Å². The molecule has 2 unspecified atom stereocenters. The van der Waals surface area contributed by atoms with Gasteiger partial charge in [0.25, 0.3) is 5.56 Å². The van der Waals surface area contributed by atoms with Gasteiger partial charge in [-0.05, 0) is 113 Å². The number of ether oxygens (including phenoxy) is 3. The first kappa shape index (κ1) is 47.2. The number of hydrogen-bond acceptors (Lipinski definition) is 9. The van der Waals surface area contributed by atoms with Gasteiger partial charge in [-0.15, -0.1) is 0 Å². The molecule has 5 aromatic rings. The molecule has 0 saturated heterocycles. The van der Waals surface area contributed by atoms with Crippen LogP contribution in [-0.4, -0.2) is 61.6 Å². The third-order valence-corrected chi connectivity index (χ3v) is 12.7. The smallest absolute Gasteiger partial charge is 0.417 e. The first-order chi connectivity index (χ1) is 32.1. The highest BCUT2D eigenvalue weighted by atomic mass is 16.6. The number of benzene rings is 4. The maximum atomic E-state index is 14.1. The van der Waals surface area contributed by atoms with E-state index in [4.69, 9.17) is 19.9 Å². The van der Waals surface area contributed by atoms with Crippen LogP contribution in [0.25, 0.3) is 16.7 Å². The number of para-hydroxylation sites is 1. The number of allylic oxidation sites excluding steroid dienone is 2. The molecule has 3 heterocycles. The zero-order valence-corrected chi connectivity index (χ0v) is 38.6. The Morgan fingerprint density at radius 3 is 2.41 bits per heavy atom. The van der Waals surface area contributed by atoms with Gasteiger partial charge in [0.05, 0.1) is 22.9 Å². The number of nitrogens with zero attached hydrogens (tertiary/aromatic N) is 4. The van der Waals surface area contributed by atoms with Crippen molar-refractivity contribution in [3.8, 4) is 16.9 Å². The fourth-order valence-corrected chi connectivity index (χ4v) is 9.32. The second-order valence-electron chi connectivity index (χ2n) is 17.0. The average molecular weight is 892 g/mol. The number of esters is 1. The number of hydrogen-bond donors (Lipinski definition) is 1. The quantitative estimate of drug-likeness (QED) is 0.0319. The van der Waals surface area contributed by atoms with Crippen LogP contribution < -0.4 is 20.9 Å². The number of pyridine rings is 1. The maximum Gasteiger partial charge on any atom is 0.417 e. The number of carbonyl (C=O) groups excluding carboxylic acids is 3. The Hall–Kier alpha value is -6.79. The molecule has 2 aliphatic heterocycles. The molecule has 0 spiro atoms. The number of unbranched alkanes of at least 4 members (excludes halogenated alkanes) is 3. The molecule has 2 amide bonds. The molecular formula is C54H61N5O7. The van der Waals surface area contributed by atoms with Crippen molar-refractivity contribution in [2.24, 2.45) is 10.7 Å². The van der Waals surface area contributed by atoms with Crippen LogP contribution in [0.4, 0.5) is 16.2 Å². The number of nitrogens with two attached hydrogens (primary N) is 1. The predicted molar refractivity (Wildman–Crippen MR) is 260 cm³/mol. The summed E-state index contributed by atoms with van der Waals surface area (Å²) in [4.78, 5) is 59.1. The number of aliphatic imine (C=N–C) groups is 1. The van der Waals surface area contributed by atoms with E-state index in [0.29, 0.717) is 55.0 Å². The summed E-state index contributed by atoms with van der Waals surface area (Å²) in [5, 5.41) is 0. The topological polar surface area (TPSA) is 146 Å². The summed E-state index contributed by atoms with van der Waals surface area (Å²) >= 11 is 0. The van der Waals surface area contributed by atoms with E-state index in [1.54, 1.807) is 22.6 Å². The van der Waals surface area contributed by atoms with Crippen LogP contribution in [0.1, 0.15) is 110 Å². The van der Waals surface area contributed by atoms with Crippen molar-refractivity contribution in [2.75, 3.05) is 31.8 Å². The second kappa shape index (κ2) is 21.9. The number of fused-ring (bicyclic) bond motifs is 5. The summed E-state index contributed by atoms with van der Waals surface area (Å²) in [7, 11) is 1.74. The summed E-state index contributed by atoms with van der Waals surface area (Å²) < 4.78 is 19.7. The van der Waals surface area contributed by atoms with Crippen molar-refractivity contribution >= 4 is 42.1 Å². The lowest BCUT2D eigenvalue weighted by Crippen LogP contribution is -2.35. The Morgan fingerprint density at radius 2 is 1.68 bits per heavy atom. The number of aromatic nitrogens is 1. The van der Waals surface area contributed by atoms with E-state index in [1.165, 1.54) is 30.6 Å². The Kier molecular flexibility index (Phi) is 15.7. The number of rotatable bonds is 17. The van der Waals surface area contributed by atoms with Gasteiger partial charge in [0.2, 0.25) is 6.41 Å². The average Bonchev–Trinajstić information content (AvgIpc) is 3.90. The van der Waals surface area contributed by atoms with Crippen molar-refractivity contribution < 1.29 is 28.6 Å². The SMILES string of the molecule is C=Nc1ccc(OCN(C(=O)OCC2c3ccccc3-c3ccc(CN(C)C=O)cc32)c2ccccc2)cc1/C(CC)=C1\Cc2cc3c(c(=O)n2C1)COC(=O)C3CC.CCCCCCN. The fourth-order valence-electron chi connectivity index (χ4n) is 9.32. The minimum absolute atomic E-state index is 0.00825. The Bertz CT molecular complexity index is 2650. The van der Waals surface area contributed by atoms with Crippen LogP contribution in [0.5, 0.6) is 5.75 Å². The summed E-state index contributed by atoms with van der Waals surface area (Å²) in [6.07, 6.45) is 7.19. The monoisotopic (exact) mass is 891 g/mol. The van der Waals surface area contributed by atoms with Crippen LogP contribution in [0.15, 0.2) is 112 Å². The van der Waals surface area contributed by atoms with Gasteiger partial charge in [-0.1, -0.05) is 101 Å². The normalized spacial score (nSPS) is 16.0. The van der Waals surface area contributed by atoms with Crippen molar-refractivity contribution in [1.82, 2.24) is 9.47 Å². The number of carbonyl (C=O) groups is 3. The van der Waals surface area contributed by atoms with Crippen LogP contribution in [0, 0.1) is 0 Å². The van der Waals surface area contributed by atoms with Crippen LogP contribution >= 0.6 is 0 Å². The van der Waals surface area contributed by atoms with E-state index in [1.807, 2.05) is 73.7 Å². The molecule has 0 saturated carbocycles. The third-order valence-electron chi connectivity index (χ3n) is 12.7. The molecule has 1 aliphatic carbocycles. The first-order valence-electron chi connectivity index (χ1n) is 23.1. The van der Waals surface area contributed by atoms with Gasteiger partial charge in [-0.3, -0.25) is 19.4 Å². The number of amides is 2. The molecular weight excluding hydrogens is 831 g/mol. The summed E-state index contributed by atoms with van der Waals surface area (Å²) in [6, 6.07) is 31.2. The minimum atomic E-state index is -0.561. The van der Waals surface area contributed by atoms with Crippen molar-refractivity contribution in [1.29, 1.82) is 0 Å². The van der Waals surface area contributed by atoms with Gasteiger partial charge in [0.1, 0.15) is 19.0 Å². The Labute approximate surface area is 387 Å². The Morgan fingerprint density at radius 1 is 0.909 bits per heavy atom. The van der Waals surface area contributed by atoms with Gasteiger partial charge < -0.3 is 29.4 Å². The van der Waals surface area contributed by atoms with Crippen molar-refractivity contribution in [2.45, 2.75) is 97.2 Å². The fraction of sp³-hybridized carbons (Fsp3) is 0.352. The highest BCUT2D eigenvalue weighted by molar-refractivity contribution is 5.88. The zero-order valence-electron chi connectivity index (χ0n) is 38.6. The van der Waals surface area contributed by atoms with E-state index in [-0.39, 0.29) is 37.4 Å². The molecule has 3 aliphatic rings. The lowest BCUT2D eigenvalue weighted by molar-refractivity contribution is -0.148. The van der Waals surface area contributed by atoms with E-state index in [0.717, 1.165) is 68.7 Å². The lowest BCUT2D eigenvalue weighted by Gasteiger charge is -2.24. The predicted octanol–water partition coefficient (Wildman–Crippen LogP) is 10.1. The minimum Gasteiger partial charge on any atom is -0.473 e. The second-order valence-corrected chi connectivity index (χ2v) is 17.0. The van der Waals surface area contributed by atoms with Gasteiger partial charge in [0.15, 0.2) is 6.73 Å². The Balaban J connectivity index is 0.000000858. The maximum absolute atomic E-state index is 14.1. The molecule has 2 N–H and O–H groups in total. The van der Waals surface area contributed by atoms with Crippen LogP contribution in [0.2, 0.25) is 0 Å². The molecule has 344 valence electrons. The lowest BCUT2D eigenvalue weighted by atomic mass is 9.90. The first-order valence-corrected chi connectivity index (χ1v) is 23.1. The van der Waals surface area contributed by atoms with Gasteiger partial charge >= 0.3 is 12.1 Å². The molecule has 66 heavy (non-hydrogen) atoms. The standard InChI is InChI=1S/C48H46N4O7.C6H15N/c1-5-35(31-21-33-22-41-36(6-2)47(55)57-27-44(41)46(54)51(33)25-31)42-23-34(17-19-45(42)49-3)59-29-52(32-12-8-7-9-13-32)48(56)58-26-43-38-15-11-10-14-37(38)39-18-16-30(20-40(39)43)24-50(4)28-53;1-2-3-4-5-6-7/h7-20,22-23,28,36,43H,3,5-6,21,24-27,29H2,1-2,4H3;2-7H2,1H3/b35-31+;. The third kappa shape index (κ3) is 10.2. The van der Waals surface area contributed by atoms with Gasteiger partial charge in [-0.25, -0.2) is 9.69 Å². The summed E-state index contributed by atoms with van der Waals surface area (Å²) in [5.41, 5.74) is 16.9. The number of cyclic esters (lactones) is 1. The van der Waals surface area contributed by atoms with E-state index >= 15 is 0 Å². The summed E-state index contributed by atoms with van der Waals surface area (Å²) in [6.45, 7) is 11.7. The molecule has 1 aromatic heterocycles. The van der Waals surface area contributed by atoms with Gasteiger partial charge in [0, 0.05) is 43.7 Å². The molecule has 4 aromatic carbocycles. The largest absolute Gasteiger partial charge is 0.473 e. The molecule has 12 heteroatoms. The molecule has 8 rings (SSSR count). The van der Waals surface area contributed by atoms with Crippen LogP contribution in [0.3, 0.4) is 0 Å². The number of anilines is 1. The highest BCUT2D eigenvalue weighted by Gasteiger charge is 2.34. The molecule has 0 bridgehead atoms. The van der Waals surface area contributed by atoms with Gasteiger partial charge in [-0.2, -0.15) is 0 Å². The van der Waals surface area contributed by atoms with E-state index in [2.05, 4.69) is 49.8 Å². The molecule has 2 atom stereocenters. The summed E-state index contributed by atoms with van der Waals surface area (Å²) in [5.74, 6) is -0.408.